The molecule has 0 amide bonds. The van der Waals surface area contributed by atoms with Crippen LogP contribution in [0, 0.1) is 0 Å². The van der Waals surface area contributed by atoms with Crippen molar-refractivity contribution < 1.29 is 23.9 Å². The lowest BCUT2D eigenvalue weighted by atomic mass is 9.73. The van der Waals surface area contributed by atoms with E-state index in [1.54, 1.807) is 24.3 Å². The summed E-state index contributed by atoms with van der Waals surface area (Å²) in [6, 6.07) is 14.5. The number of benzene rings is 2. The normalized spacial score (nSPS) is 10.9. The monoisotopic (exact) mass is 354 g/mol. The molecule has 0 atom stereocenters. The summed E-state index contributed by atoms with van der Waals surface area (Å²) in [6.07, 6.45) is 1.93. The van der Waals surface area contributed by atoms with Gasteiger partial charge in [0, 0.05) is 25.7 Å². The van der Waals surface area contributed by atoms with E-state index in [9.17, 15) is 14.4 Å². The molecule has 0 spiro atoms. The van der Waals surface area contributed by atoms with Crippen LogP contribution in [0.4, 0.5) is 0 Å². The third kappa shape index (κ3) is 4.79. The van der Waals surface area contributed by atoms with Gasteiger partial charge in [0.2, 0.25) is 0 Å². The van der Waals surface area contributed by atoms with Crippen LogP contribution in [0.5, 0.6) is 11.5 Å². The van der Waals surface area contributed by atoms with Crippen LogP contribution in [0.3, 0.4) is 0 Å². The van der Waals surface area contributed by atoms with Gasteiger partial charge in [-0.25, -0.2) is 0 Å². The Hall–Kier alpha value is -2.95. The van der Waals surface area contributed by atoms with Gasteiger partial charge in [-0.05, 0) is 41.8 Å². The van der Waals surface area contributed by atoms with E-state index in [4.69, 9.17) is 9.47 Å². The van der Waals surface area contributed by atoms with Crippen molar-refractivity contribution in [2.75, 3.05) is 0 Å². The second kappa shape index (κ2) is 8.43. The Kier molecular flexibility index (Phi) is 6.28. The fourth-order valence-electron chi connectivity index (χ4n) is 2.92. The van der Waals surface area contributed by atoms with Gasteiger partial charge in [0.1, 0.15) is 17.8 Å². The lowest BCUT2D eigenvalue weighted by Gasteiger charge is -2.31. The van der Waals surface area contributed by atoms with Crippen LogP contribution in [0.1, 0.15) is 44.7 Å². The second-order valence-corrected chi connectivity index (χ2v) is 6.27. The largest absolute Gasteiger partial charge is 0.427 e. The average Bonchev–Trinajstić information content (AvgIpc) is 2.60. The van der Waals surface area contributed by atoms with Crippen LogP contribution in [0.25, 0.3) is 0 Å². The molecule has 0 radical (unpaired) electrons. The molecule has 136 valence electrons. The minimum Gasteiger partial charge on any atom is -0.427 e. The van der Waals surface area contributed by atoms with Crippen molar-refractivity contribution in [3.8, 4) is 11.5 Å². The number of rotatable bonds is 7. The first-order chi connectivity index (χ1) is 12.3. The fourth-order valence-corrected chi connectivity index (χ4v) is 2.92. The van der Waals surface area contributed by atoms with Crippen molar-refractivity contribution in [2.24, 2.45) is 0 Å². The molecule has 0 aromatic heterocycles. The van der Waals surface area contributed by atoms with E-state index >= 15 is 0 Å². The highest BCUT2D eigenvalue weighted by Crippen LogP contribution is 2.37. The first kappa shape index (κ1) is 19.4. The SMILES string of the molecule is CC(=O)Oc1ccc(C(C)(CCC=O)c2ccc(OC(C)=O)cc2)cc1. The van der Waals surface area contributed by atoms with Gasteiger partial charge in [-0.15, -0.1) is 0 Å². The molecule has 0 heterocycles. The first-order valence-electron chi connectivity index (χ1n) is 8.36. The quantitative estimate of drug-likeness (QED) is 0.429. The molecule has 0 N–H and O–H groups in total. The maximum atomic E-state index is 11.1. The number of carbonyl (C=O) groups is 3. The predicted molar refractivity (Wildman–Crippen MR) is 97.3 cm³/mol. The molecule has 0 unspecified atom stereocenters. The van der Waals surface area contributed by atoms with Gasteiger partial charge < -0.3 is 14.3 Å². The molecule has 0 aliphatic heterocycles. The van der Waals surface area contributed by atoms with Gasteiger partial charge in [-0.3, -0.25) is 9.59 Å². The Balaban J connectivity index is 2.36. The molecule has 2 aromatic rings. The highest BCUT2D eigenvalue weighted by Gasteiger charge is 2.28. The minimum atomic E-state index is -0.412. The third-order valence-electron chi connectivity index (χ3n) is 4.27. The van der Waals surface area contributed by atoms with Crippen LogP contribution >= 0.6 is 0 Å². The summed E-state index contributed by atoms with van der Waals surface area (Å²) in [5.41, 5.74) is 1.58. The van der Waals surface area contributed by atoms with Crippen molar-refractivity contribution >= 4 is 18.2 Å². The molecule has 5 nitrogen and oxygen atoms in total. The van der Waals surface area contributed by atoms with Crippen molar-refractivity contribution in [1.29, 1.82) is 0 Å². The molecular weight excluding hydrogens is 332 g/mol. The highest BCUT2D eigenvalue weighted by molar-refractivity contribution is 5.69. The van der Waals surface area contributed by atoms with Crippen molar-refractivity contribution in [2.45, 2.75) is 39.0 Å². The van der Waals surface area contributed by atoms with Gasteiger partial charge >= 0.3 is 11.9 Å². The van der Waals surface area contributed by atoms with Gasteiger partial charge in [-0.2, -0.15) is 0 Å². The number of aldehydes is 1. The van der Waals surface area contributed by atoms with E-state index < -0.39 is 5.41 Å². The van der Waals surface area contributed by atoms with Crippen molar-refractivity contribution in [3.05, 3.63) is 59.7 Å². The topological polar surface area (TPSA) is 69.7 Å². The smallest absolute Gasteiger partial charge is 0.308 e. The zero-order valence-electron chi connectivity index (χ0n) is 15.2. The average molecular weight is 354 g/mol. The second-order valence-electron chi connectivity index (χ2n) is 6.27. The molecule has 26 heavy (non-hydrogen) atoms. The summed E-state index contributed by atoms with van der Waals surface area (Å²) < 4.78 is 10.2. The molecule has 0 fully saturated rings. The fraction of sp³-hybridized carbons (Fsp3) is 0.286. The summed E-state index contributed by atoms with van der Waals surface area (Å²) >= 11 is 0. The Morgan fingerprint density at radius 3 is 1.54 bits per heavy atom. The van der Waals surface area contributed by atoms with Crippen molar-refractivity contribution in [1.82, 2.24) is 0 Å². The zero-order chi connectivity index (χ0) is 19.2. The molecule has 5 heteroatoms. The first-order valence-corrected chi connectivity index (χ1v) is 8.36. The number of ether oxygens (including phenoxy) is 2. The number of carbonyl (C=O) groups excluding carboxylic acids is 3. The van der Waals surface area contributed by atoms with E-state index in [2.05, 4.69) is 6.92 Å². The lowest BCUT2D eigenvalue weighted by molar-refractivity contribution is -0.132. The molecule has 0 bridgehead atoms. The summed E-state index contributed by atoms with van der Waals surface area (Å²) in [6.45, 7) is 4.76. The van der Waals surface area contributed by atoms with Crippen molar-refractivity contribution in [3.63, 3.8) is 0 Å². The Morgan fingerprint density at radius 2 is 1.23 bits per heavy atom. The zero-order valence-corrected chi connectivity index (χ0v) is 15.2. The van der Waals surface area contributed by atoms with E-state index in [0.29, 0.717) is 24.3 Å². The predicted octanol–water partition coefficient (Wildman–Crippen LogP) is 3.82. The summed E-state index contributed by atoms with van der Waals surface area (Å²) in [7, 11) is 0. The lowest BCUT2D eigenvalue weighted by Crippen LogP contribution is -2.24. The highest BCUT2D eigenvalue weighted by atomic mass is 16.5. The summed E-state index contributed by atoms with van der Waals surface area (Å²) in [5.74, 6) is 0.207. The number of hydrogen-bond acceptors (Lipinski definition) is 5. The van der Waals surface area contributed by atoms with Crippen LogP contribution < -0.4 is 9.47 Å². The van der Waals surface area contributed by atoms with Gasteiger partial charge in [0.05, 0.1) is 0 Å². The molecule has 0 aliphatic carbocycles. The summed E-state index contributed by atoms with van der Waals surface area (Å²) in [4.78, 5) is 33.1. The van der Waals surface area contributed by atoms with Gasteiger partial charge in [0.15, 0.2) is 0 Å². The minimum absolute atomic E-state index is 0.373. The Morgan fingerprint density at radius 1 is 0.846 bits per heavy atom. The number of esters is 2. The Bertz CT molecular complexity index is 716. The third-order valence-corrected chi connectivity index (χ3v) is 4.27. The maximum Gasteiger partial charge on any atom is 0.308 e. The van der Waals surface area contributed by atoms with E-state index in [0.717, 1.165) is 17.4 Å². The Labute approximate surface area is 152 Å². The molecular formula is C21H22O5. The van der Waals surface area contributed by atoms with E-state index in [1.807, 2.05) is 24.3 Å². The van der Waals surface area contributed by atoms with Crippen LogP contribution in [-0.4, -0.2) is 18.2 Å². The summed E-state index contributed by atoms with van der Waals surface area (Å²) in [5, 5.41) is 0. The van der Waals surface area contributed by atoms with Gasteiger partial charge in [0.25, 0.3) is 0 Å². The molecule has 0 saturated heterocycles. The van der Waals surface area contributed by atoms with Crippen LogP contribution in [0.15, 0.2) is 48.5 Å². The van der Waals surface area contributed by atoms with E-state index in [1.165, 1.54) is 13.8 Å². The molecule has 0 aliphatic rings. The molecule has 0 saturated carbocycles. The molecule has 2 aromatic carbocycles. The standard InChI is InChI=1S/C21H22O5/c1-15(23)25-19-9-5-17(6-10-19)21(3,13-4-14-22)18-7-11-20(12-8-18)26-16(2)24/h5-12,14H,4,13H2,1-3H3. The maximum absolute atomic E-state index is 11.1. The van der Waals surface area contributed by atoms with Crippen LogP contribution in [0.2, 0.25) is 0 Å². The molecule has 2 rings (SSSR count). The van der Waals surface area contributed by atoms with Gasteiger partial charge in [-0.1, -0.05) is 31.2 Å². The number of hydrogen-bond donors (Lipinski definition) is 0. The van der Waals surface area contributed by atoms with E-state index in [-0.39, 0.29) is 11.9 Å². The van der Waals surface area contributed by atoms with Crippen LogP contribution in [-0.2, 0) is 19.8 Å².